The number of rotatable bonds is 2. The molecule has 0 saturated carbocycles. The van der Waals surface area contributed by atoms with Crippen molar-refractivity contribution in [3.05, 3.63) is 58.4 Å². The molecule has 10 heteroatoms. The van der Waals surface area contributed by atoms with Crippen LogP contribution in [-0.4, -0.2) is 25.6 Å². The second-order valence-electron chi connectivity index (χ2n) is 4.88. The van der Waals surface area contributed by atoms with Gasteiger partial charge in [0.1, 0.15) is 11.8 Å². The first-order chi connectivity index (χ1) is 11.4. The lowest BCUT2D eigenvalue weighted by Gasteiger charge is -2.08. The summed E-state index contributed by atoms with van der Waals surface area (Å²) in [6, 6.07) is 3.62. The van der Waals surface area contributed by atoms with Gasteiger partial charge in [0, 0.05) is 6.54 Å². The van der Waals surface area contributed by atoms with Gasteiger partial charge in [-0.25, -0.2) is 24.1 Å². The maximum absolute atomic E-state index is 12.5. The van der Waals surface area contributed by atoms with Gasteiger partial charge in [-0.15, -0.1) is 0 Å². The number of halogens is 3. The summed E-state index contributed by atoms with van der Waals surface area (Å²) in [6.07, 6.45) is -1.89. The van der Waals surface area contributed by atoms with E-state index in [2.05, 4.69) is 20.3 Å². The van der Waals surface area contributed by atoms with Gasteiger partial charge in [-0.05, 0) is 17.7 Å². The molecule has 2 heterocycles. The number of hydrogen-bond acceptors (Lipinski definition) is 4. The summed E-state index contributed by atoms with van der Waals surface area (Å²) >= 11 is 0. The summed E-state index contributed by atoms with van der Waals surface area (Å²) in [6.45, 7) is -0.0379. The highest BCUT2D eigenvalue weighted by atomic mass is 19.4. The molecule has 24 heavy (non-hydrogen) atoms. The van der Waals surface area contributed by atoms with Gasteiger partial charge in [0.2, 0.25) is 0 Å². The largest absolute Gasteiger partial charge is 0.416 e. The molecule has 0 bridgehead atoms. The monoisotopic (exact) mass is 337 g/mol. The second kappa shape index (κ2) is 5.80. The molecular weight excluding hydrogens is 327 g/mol. The molecule has 0 saturated heterocycles. The number of amides is 1. The van der Waals surface area contributed by atoms with E-state index in [0.717, 1.165) is 16.7 Å². The van der Waals surface area contributed by atoms with Gasteiger partial charge in [-0.1, -0.05) is 12.1 Å². The van der Waals surface area contributed by atoms with Gasteiger partial charge in [-0.3, -0.25) is 4.98 Å². The molecule has 3 rings (SSSR count). The number of benzene rings is 1. The Bertz CT molecular complexity index is 943. The van der Waals surface area contributed by atoms with E-state index in [1.165, 1.54) is 24.7 Å². The third kappa shape index (κ3) is 2.98. The van der Waals surface area contributed by atoms with Crippen molar-refractivity contribution < 1.29 is 18.0 Å². The molecule has 0 aliphatic carbocycles. The van der Waals surface area contributed by atoms with Crippen LogP contribution in [0.4, 0.5) is 18.0 Å². The van der Waals surface area contributed by atoms with Crippen molar-refractivity contribution in [3.8, 4) is 0 Å². The molecule has 0 radical (unpaired) electrons. The lowest BCUT2D eigenvalue weighted by atomic mass is 10.1. The fraction of sp³-hybridized carbons (Fsp3) is 0.143. The van der Waals surface area contributed by atoms with Crippen LogP contribution in [-0.2, 0) is 12.7 Å². The van der Waals surface area contributed by atoms with Gasteiger partial charge >= 0.3 is 17.9 Å². The minimum absolute atomic E-state index is 0.0379. The molecule has 0 aliphatic heterocycles. The zero-order valence-corrected chi connectivity index (χ0v) is 12.0. The molecular formula is C14H10F3N5O2. The molecule has 1 aromatic carbocycles. The lowest BCUT2D eigenvalue weighted by Crippen LogP contribution is -2.34. The minimum atomic E-state index is -4.42. The van der Waals surface area contributed by atoms with Crippen molar-refractivity contribution in [2.75, 3.05) is 0 Å². The second-order valence-corrected chi connectivity index (χ2v) is 4.88. The third-order valence-corrected chi connectivity index (χ3v) is 3.29. The van der Waals surface area contributed by atoms with Crippen LogP contribution in [0.25, 0.3) is 11.2 Å². The Hall–Kier alpha value is -3.17. The number of nitrogens with one attached hydrogen (secondary N) is 2. The number of alkyl halides is 3. The summed E-state index contributed by atoms with van der Waals surface area (Å²) in [7, 11) is 0. The van der Waals surface area contributed by atoms with Gasteiger partial charge in [0.05, 0.1) is 11.8 Å². The predicted molar refractivity (Wildman–Crippen MR) is 77.2 cm³/mol. The van der Waals surface area contributed by atoms with Crippen molar-refractivity contribution in [1.82, 2.24) is 24.8 Å². The molecule has 0 atom stereocenters. The molecule has 1 amide bonds. The minimum Gasteiger partial charge on any atom is -0.333 e. The number of nitrogens with zero attached hydrogens (tertiary/aromatic N) is 3. The zero-order chi connectivity index (χ0) is 17.3. The molecule has 0 unspecified atom stereocenters. The summed E-state index contributed by atoms with van der Waals surface area (Å²) in [5, 5.41) is 2.46. The van der Waals surface area contributed by atoms with E-state index < -0.39 is 23.5 Å². The lowest BCUT2D eigenvalue weighted by molar-refractivity contribution is -0.137. The summed E-state index contributed by atoms with van der Waals surface area (Å²) in [5.41, 5.74) is -0.592. The summed E-state index contributed by atoms with van der Waals surface area (Å²) in [4.78, 5) is 33.9. The van der Waals surface area contributed by atoms with Crippen LogP contribution in [0.15, 0.2) is 41.6 Å². The first kappa shape index (κ1) is 15.7. The van der Waals surface area contributed by atoms with E-state index >= 15 is 0 Å². The average Bonchev–Trinajstić information content (AvgIpc) is 2.88. The average molecular weight is 337 g/mol. The standard InChI is InChI=1S/C14H10F3N5O2/c15-14(16,17)9-3-1-8(2-4-9)5-19-12(23)22-10-6-18-7-20-11(10)21-13(22)24/h1-4,6-7H,5H2,(H,19,23)(H,18,20,21,24). The number of aromatic nitrogens is 4. The van der Waals surface area contributed by atoms with Gasteiger partial charge in [-0.2, -0.15) is 13.2 Å². The van der Waals surface area contributed by atoms with Gasteiger partial charge in [0.25, 0.3) is 0 Å². The normalized spacial score (nSPS) is 11.6. The molecule has 0 spiro atoms. The van der Waals surface area contributed by atoms with Crippen LogP contribution in [0.3, 0.4) is 0 Å². The number of aromatic amines is 1. The molecule has 3 aromatic rings. The fourth-order valence-corrected chi connectivity index (χ4v) is 2.12. The first-order valence-electron chi connectivity index (χ1n) is 6.71. The highest BCUT2D eigenvalue weighted by Crippen LogP contribution is 2.29. The first-order valence-corrected chi connectivity index (χ1v) is 6.71. The zero-order valence-electron chi connectivity index (χ0n) is 12.0. The van der Waals surface area contributed by atoms with E-state index in [1.54, 1.807) is 0 Å². The van der Waals surface area contributed by atoms with E-state index in [9.17, 15) is 22.8 Å². The Kier molecular flexibility index (Phi) is 3.80. The van der Waals surface area contributed by atoms with Crippen molar-refractivity contribution >= 4 is 17.2 Å². The van der Waals surface area contributed by atoms with Crippen LogP contribution in [0.2, 0.25) is 0 Å². The maximum Gasteiger partial charge on any atom is 0.416 e. The van der Waals surface area contributed by atoms with Gasteiger partial charge < -0.3 is 5.32 Å². The van der Waals surface area contributed by atoms with Crippen LogP contribution in [0, 0.1) is 0 Å². The Morgan fingerprint density at radius 3 is 2.62 bits per heavy atom. The Morgan fingerprint density at radius 1 is 1.25 bits per heavy atom. The van der Waals surface area contributed by atoms with Crippen LogP contribution >= 0.6 is 0 Å². The van der Waals surface area contributed by atoms with Crippen LogP contribution < -0.4 is 11.0 Å². The third-order valence-electron chi connectivity index (χ3n) is 3.29. The van der Waals surface area contributed by atoms with Crippen molar-refractivity contribution in [1.29, 1.82) is 0 Å². The topological polar surface area (TPSA) is 92.7 Å². The van der Waals surface area contributed by atoms with Crippen molar-refractivity contribution in [3.63, 3.8) is 0 Å². The number of carbonyl (C=O) groups is 1. The summed E-state index contributed by atoms with van der Waals surface area (Å²) in [5.74, 6) is 0. The Labute approximate surface area is 132 Å². The number of fused-ring (bicyclic) bond motifs is 1. The molecule has 2 aromatic heterocycles. The number of carbonyl (C=O) groups excluding carboxylic acids is 1. The Morgan fingerprint density at radius 2 is 1.96 bits per heavy atom. The van der Waals surface area contributed by atoms with Crippen molar-refractivity contribution in [2.24, 2.45) is 0 Å². The molecule has 124 valence electrons. The van der Waals surface area contributed by atoms with E-state index in [4.69, 9.17) is 0 Å². The van der Waals surface area contributed by atoms with E-state index in [0.29, 0.717) is 5.56 Å². The molecule has 7 nitrogen and oxygen atoms in total. The number of imidazole rings is 1. The molecule has 2 N–H and O–H groups in total. The van der Waals surface area contributed by atoms with Crippen LogP contribution in [0.1, 0.15) is 11.1 Å². The quantitative estimate of drug-likeness (QED) is 0.747. The van der Waals surface area contributed by atoms with Gasteiger partial charge in [0.15, 0.2) is 5.65 Å². The number of hydrogen-bond donors (Lipinski definition) is 2. The highest BCUT2D eigenvalue weighted by Gasteiger charge is 2.29. The molecule has 0 aliphatic rings. The predicted octanol–water partition coefficient (Wildman–Crippen LogP) is 1.90. The SMILES string of the molecule is O=C(NCc1ccc(C(F)(F)F)cc1)n1c(=O)[nH]c2ncncc21. The maximum atomic E-state index is 12.5. The van der Waals surface area contributed by atoms with E-state index in [-0.39, 0.29) is 17.7 Å². The molecule has 0 fully saturated rings. The number of H-pyrrole nitrogens is 1. The smallest absolute Gasteiger partial charge is 0.333 e. The Balaban J connectivity index is 1.76. The van der Waals surface area contributed by atoms with Crippen LogP contribution in [0.5, 0.6) is 0 Å². The van der Waals surface area contributed by atoms with Crippen molar-refractivity contribution in [2.45, 2.75) is 12.7 Å². The summed E-state index contributed by atoms with van der Waals surface area (Å²) < 4.78 is 38.3. The highest BCUT2D eigenvalue weighted by molar-refractivity contribution is 5.86. The fourth-order valence-electron chi connectivity index (χ4n) is 2.12. The van der Waals surface area contributed by atoms with E-state index in [1.807, 2.05) is 0 Å².